The van der Waals surface area contributed by atoms with Crippen LogP contribution in [0.4, 0.5) is 5.69 Å². The molecule has 0 amide bonds. The lowest BCUT2D eigenvalue weighted by molar-refractivity contribution is 0.109. The number of hydrogen-bond acceptors (Lipinski definition) is 7. The summed E-state index contributed by atoms with van der Waals surface area (Å²) in [6, 6.07) is 6.72. The van der Waals surface area contributed by atoms with E-state index in [1.807, 2.05) is 6.92 Å². The third-order valence-corrected chi connectivity index (χ3v) is 5.95. The number of rotatable bonds is 14. The van der Waals surface area contributed by atoms with Crippen LogP contribution in [0.3, 0.4) is 0 Å². The number of hydrogen-bond donors (Lipinski definition) is 2. The highest BCUT2D eigenvalue weighted by Crippen LogP contribution is 2.20. The summed E-state index contributed by atoms with van der Waals surface area (Å²) in [5.74, 6) is 0.287. The number of halogens is 2. The van der Waals surface area contributed by atoms with Crippen LogP contribution in [-0.2, 0) is 14.8 Å². The first-order valence-electron chi connectivity index (χ1n) is 9.74. The number of nitrogens with zero attached hydrogens (tertiary/aromatic N) is 2. The number of anilines is 1. The van der Waals surface area contributed by atoms with Gasteiger partial charge in [-0.3, -0.25) is 4.79 Å². The predicted molar refractivity (Wildman–Crippen MR) is 122 cm³/mol. The van der Waals surface area contributed by atoms with Crippen LogP contribution in [0.1, 0.15) is 13.3 Å². The molecule has 0 spiro atoms. The number of alkyl halides is 1. The van der Waals surface area contributed by atoms with E-state index in [-0.39, 0.29) is 37.1 Å². The van der Waals surface area contributed by atoms with Gasteiger partial charge in [0.05, 0.1) is 24.2 Å². The highest BCUT2D eigenvalue weighted by molar-refractivity contribution is 7.89. The summed E-state index contributed by atoms with van der Waals surface area (Å²) in [5, 5.41) is 7.64. The van der Waals surface area contributed by atoms with Crippen molar-refractivity contribution in [2.75, 3.05) is 49.9 Å². The highest BCUT2D eigenvalue weighted by Gasteiger charge is 2.15. The van der Waals surface area contributed by atoms with Crippen molar-refractivity contribution in [2.24, 2.45) is 0 Å². The summed E-state index contributed by atoms with van der Waals surface area (Å²) in [6.45, 7) is 3.23. The lowest BCUT2D eigenvalue weighted by Crippen LogP contribution is -2.31. The van der Waals surface area contributed by atoms with E-state index in [2.05, 4.69) is 15.1 Å². The van der Waals surface area contributed by atoms with Gasteiger partial charge in [-0.05, 0) is 31.5 Å². The first-order valence-corrected chi connectivity index (χ1v) is 12.3. The fourth-order valence-electron chi connectivity index (χ4n) is 2.56. The first kappa shape index (κ1) is 25.4. The number of benzene rings is 1. The van der Waals surface area contributed by atoms with Crippen LogP contribution in [0.5, 0.6) is 5.75 Å². The van der Waals surface area contributed by atoms with E-state index in [1.54, 1.807) is 24.3 Å². The van der Waals surface area contributed by atoms with Gasteiger partial charge in [-0.25, -0.2) is 13.1 Å². The normalized spacial score (nSPS) is 11.5. The Morgan fingerprint density at radius 3 is 2.74 bits per heavy atom. The molecule has 0 bridgehead atoms. The molecule has 2 aromatic rings. The van der Waals surface area contributed by atoms with Crippen molar-refractivity contribution >= 4 is 38.9 Å². The Bertz CT molecular complexity index is 1000. The molecular weight excluding hydrogens is 467 g/mol. The molecule has 0 unspecified atom stereocenters. The number of aromatic nitrogens is 2. The van der Waals surface area contributed by atoms with Crippen LogP contribution >= 0.6 is 23.2 Å². The lowest BCUT2D eigenvalue weighted by Gasteiger charge is -2.15. The van der Waals surface area contributed by atoms with Crippen LogP contribution < -0.4 is 20.3 Å². The second kappa shape index (κ2) is 12.9. The lowest BCUT2D eigenvalue weighted by atomic mass is 10.3. The molecule has 2 N–H and O–H groups in total. The fraction of sp³-hybridized carbons (Fsp3) is 0.474. The Morgan fingerprint density at radius 2 is 2.03 bits per heavy atom. The van der Waals surface area contributed by atoms with Gasteiger partial charge in [-0.1, -0.05) is 17.7 Å². The van der Waals surface area contributed by atoms with Gasteiger partial charge >= 0.3 is 5.56 Å². The Labute approximate surface area is 191 Å². The zero-order valence-electron chi connectivity index (χ0n) is 17.1. The van der Waals surface area contributed by atoms with E-state index in [9.17, 15) is 13.2 Å². The topological polar surface area (TPSA) is 112 Å². The van der Waals surface area contributed by atoms with Gasteiger partial charge in [0.15, 0.2) is 0 Å². The summed E-state index contributed by atoms with van der Waals surface area (Å²) < 4.78 is 38.3. The molecule has 1 heterocycles. The molecule has 0 radical (unpaired) electrons. The molecule has 0 aliphatic rings. The average Bonchev–Trinajstić information content (AvgIpc) is 2.74. The smallest absolute Gasteiger partial charge is 0.315 e. The van der Waals surface area contributed by atoms with E-state index < -0.39 is 15.6 Å². The minimum absolute atomic E-state index is 0.0421. The second-order valence-corrected chi connectivity index (χ2v) is 9.05. The van der Waals surface area contributed by atoms with Gasteiger partial charge in [0.2, 0.25) is 15.8 Å². The number of sulfonamides is 1. The summed E-state index contributed by atoms with van der Waals surface area (Å²) in [4.78, 5) is 13.0. The standard InChI is InChI=1S/C19H26Cl2N4O5S/c1-2-29-10-11-30-18-17(22-8-9-24-31(27,28)12-4-7-20)14-23-25(19(18)26)16-6-3-5-15(21)13-16/h3,5-6,13-14,22,24H,2,4,7-12H2,1H3. The first-order chi connectivity index (χ1) is 14.9. The van der Waals surface area contributed by atoms with Gasteiger partial charge in [0, 0.05) is 30.6 Å². The minimum Gasteiger partial charge on any atom is -0.484 e. The van der Waals surface area contributed by atoms with Crippen molar-refractivity contribution in [3.63, 3.8) is 0 Å². The predicted octanol–water partition coefficient (Wildman–Crippen LogP) is 2.26. The molecule has 0 saturated carbocycles. The van der Waals surface area contributed by atoms with Crippen LogP contribution in [-0.4, -0.2) is 62.7 Å². The molecule has 172 valence electrons. The van der Waals surface area contributed by atoms with Crippen molar-refractivity contribution in [3.05, 3.63) is 45.8 Å². The fourth-order valence-corrected chi connectivity index (χ4v) is 4.12. The maximum Gasteiger partial charge on any atom is 0.315 e. The van der Waals surface area contributed by atoms with E-state index in [0.717, 1.165) is 0 Å². The molecule has 0 atom stereocenters. The van der Waals surface area contributed by atoms with Crippen LogP contribution in [0.25, 0.3) is 5.69 Å². The monoisotopic (exact) mass is 492 g/mol. The van der Waals surface area contributed by atoms with Crippen molar-refractivity contribution in [1.82, 2.24) is 14.5 Å². The second-order valence-electron chi connectivity index (χ2n) is 6.31. The number of nitrogens with one attached hydrogen (secondary N) is 2. The molecule has 2 rings (SSSR count). The largest absolute Gasteiger partial charge is 0.484 e. The molecular formula is C19H26Cl2N4O5S. The molecule has 1 aromatic carbocycles. The van der Waals surface area contributed by atoms with Gasteiger partial charge < -0.3 is 14.8 Å². The maximum absolute atomic E-state index is 13.0. The quantitative estimate of drug-likeness (QED) is 0.307. The van der Waals surface area contributed by atoms with Crippen molar-refractivity contribution in [3.8, 4) is 11.4 Å². The van der Waals surface area contributed by atoms with Crippen molar-refractivity contribution in [2.45, 2.75) is 13.3 Å². The van der Waals surface area contributed by atoms with Gasteiger partial charge in [0.1, 0.15) is 12.3 Å². The summed E-state index contributed by atoms with van der Waals surface area (Å²) in [7, 11) is -3.40. The Hall–Kier alpha value is -1.85. The zero-order valence-corrected chi connectivity index (χ0v) is 19.5. The summed E-state index contributed by atoms with van der Waals surface area (Å²) in [6.07, 6.45) is 1.81. The third-order valence-electron chi connectivity index (χ3n) is 3.97. The molecule has 0 fully saturated rings. The van der Waals surface area contributed by atoms with Gasteiger partial charge in [0.25, 0.3) is 0 Å². The molecule has 9 nitrogen and oxygen atoms in total. The molecule has 31 heavy (non-hydrogen) atoms. The average molecular weight is 493 g/mol. The molecule has 0 aliphatic heterocycles. The van der Waals surface area contributed by atoms with E-state index in [1.165, 1.54) is 10.9 Å². The SMILES string of the molecule is CCOCCOc1c(NCCNS(=O)(=O)CCCCl)cnn(-c2cccc(Cl)c2)c1=O. The van der Waals surface area contributed by atoms with Crippen molar-refractivity contribution < 1.29 is 17.9 Å². The van der Waals surface area contributed by atoms with Gasteiger partial charge in [-0.15, -0.1) is 11.6 Å². The van der Waals surface area contributed by atoms with E-state index >= 15 is 0 Å². The molecule has 1 aromatic heterocycles. The number of ether oxygens (including phenoxy) is 2. The molecule has 0 aliphatic carbocycles. The van der Waals surface area contributed by atoms with Gasteiger partial charge in [-0.2, -0.15) is 9.78 Å². The third kappa shape index (κ3) is 8.30. The minimum atomic E-state index is -3.40. The highest BCUT2D eigenvalue weighted by atomic mass is 35.5. The Morgan fingerprint density at radius 1 is 1.23 bits per heavy atom. The maximum atomic E-state index is 13.0. The molecule has 12 heteroatoms. The Kier molecular flexibility index (Phi) is 10.6. The van der Waals surface area contributed by atoms with E-state index in [4.69, 9.17) is 32.7 Å². The summed E-state index contributed by atoms with van der Waals surface area (Å²) in [5.41, 5.74) is 0.358. The molecule has 0 saturated heterocycles. The van der Waals surface area contributed by atoms with Crippen LogP contribution in [0.2, 0.25) is 5.02 Å². The van der Waals surface area contributed by atoms with Crippen molar-refractivity contribution in [1.29, 1.82) is 0 Å². The zero-order chi connectivity index (χ0) is 22.7. The van der Waals surface area contributed by atoms with Crippen LogP contribution in [0.15, 0.2) is 35.3 Å². The van der Waals surface area contributed by atoms with E-state index in [0.29, 0.717) is 36.0 Å². The van der Waals surface area contributed by atoms with Crippen LogP contribution in [0, 0.1) is 0 Å². The Balaban J connectivity index is 2.15. The summed E-state index contributed by atoms with van der Waals surface area (Å²) >= 11 is 11.6.